The number of carbonyl (C=O) groups is 2. The molecule has 0 aliphatic carbocycles. The molecule has 104 valence electrons. The van der Waals surface area contributed by atoms with Crippen molar-refractivity contribution in [1.29, 1.82) is 0 Å². The van der Waals surface area contributed by atoms with E-state index in [4.69, 9.17) is 5.73 Å². The van der Waals surface area contributed by atoms with Gasteiger partial charge < -0.3 is 15.8 Å². The fraction of sp³-hybridized carbons (Fsp3) is 0.385. The van der Waals surface area contributed by atoms with Crippen molar-refractivity contribution >= 4 is 11.9 Å². The number of nitrogens with one attached hydrogen (secondary N) is 1. The average Bonchev–Trinajstić information content (AvgIpc) is 2.38. The number of methoxy groups -OCH3 is 1. The Bertz CT molecular complexity index is 446. The smallest absolute Gasteiger partial charge is 0.307 e. The van der Waals surface area contributed by atoms with Crippen molar-refractivity contribution in [2.45, 2.75) is 25.4 Å². The maximum atomic E-state index is 12.9. The number of nitrogens with two attached hydrogens (primary N) is 1. The number of hydrogen-bond donors (Lipinski definition) is 2. The van der Waals surface area contributed by atoms with Crippen molar-refractivity contribution in [2.75, 3.05) is 7.11 Å². The van der Waals surface area contributed by atoms with Gasteiger partial charge in [-0.3, -0.25) is 9.59 Å². The molecule has 0 bridgehead atoms. The van der Waals surface area contributed by atoms with E-state index < -0.39 is 24.0 Å². The van der Waals surface area contributed by atoms with Gasteiger partial charge in [0.2, 0.25) is 5.91 Å². The minimum Gasteiger partial charge on any atom is -0.469 e. The van der Waals surface area contributed by atoms with Crippen LogP contribution in [0.3, 0.4) is 0 Å². The van der Waals surface area contributed by atoms with Crippen LogP contribution in [0.5, 0.6) is 0 Å². The number of esters is 1. The second-order valence-corrected chi connectivity index (χ2v) is 4.18. The maximum absolute atomic E-state index is 12.9. The fourth-order valence-electron chi connectivity index (χ4n) is 1.50. The lowest BCUT2D eigenvalue weighted by atomic mass is 10.0. The van der Waals surface area contributed by atoms with Gasteiger partial charge in [0.25, 0.3) is 0 Å². The van der Waals surface area contributed by atoms with E-state index in [0.29, 0.717) is 5.56 Å². The molecule has 0 heterocycles. The molecule has 1 rings (SSSR count). The molecule has 0 aliphatic heterocycles. The van der Waals surface area contributed by atoms with E-state index in [1.165, 1.54) is 38.3 Å². The Hall–Kier alpha value is -1.95. The summed E-state index contributed by atoms with van der Waals surface area (Å²) in [6, 6.07) is 4.25. The van der Waals surface area contributed by atoms with Crippen LogP contribution in [0.1, 0.15) is 24.9 Å². The Labute approximate surface area is 110 Å². The van der Waals surface area contributed by atoms with Crippen molar-refractivity contribution in [3.63, 3.8) is 0 Å². The van der Waals surface area contributed by atoms with Gasteiger partial charge in [0, 0.05) is 0 Å². The highest BCUT2D eigenvalue weighted by Crippen LogP contribution is 2.18. The normalized spacial score (nSPS) is 13.5. The molecule has 0 saturated heterocycles. The second kappa shape index (κ2) is 6.84. The SMILES string of the molecule is COC(=O)CC(NC(=O)[C@@H](C)N)c1ccc(F)cc1. The number of carbonyl (C=O) groups excluding carboxylic acids is 2. The molecule has 3 N–H and O–H groups in total. The third-order valence-electron chi connectivity index (χ3n) is 2.60. The van der Waals surface area contributed by atoms with Crippen molar-refractivity contribution in [3.05, 3.63) is 35.6 Å². The van der Waals surface area contributed by atoms with Gasteiger partial charge in [-0.25, -0.2) is 4.39 Å². The van der Waals surface area contributed by atoms with Crippen LogP contribution < -0.4 is 11.1 Å². The molecule has 0 fully saturated rings. The van der Waals surface area contributed by atoms with Crippen LogP contribution in [0.15, 0.2) is 24.3 Å². The summed E-state index contributed by atoms with van der Waals surface area (Å²) >= 11 is 0. The summed E-state index contributed by atoms with van der Waals surface area (Å²) < 4.78 is 17.4. The highest BCUT2D eigenvalue weighted by atomic mass is 19.1. The number of ether oxygens (including phenoxy) is 1. The Morgan fingerprint density at radius 2 is 1.95 bits per heavy atom. The topological polar surface area (TPSA) is 81.4 Å². The van der Waals surface area contributed by atoms with E-state index in [1.807, 2.05) is 0 Å². The number of amides is 1. The Balaban J connectivity index is 2.88. The van der Waals surface area contributed by atoms with Crippen LogP contribution in [-0.4, -0.2) is 25.0 Å². The predicted octanol–water partition coefficient (Wildman–Crippen LogP) is 0.893. The minimum absolute atomic E-state index is 0.0411. The fourth-order valence-corrected chi connectivity index (χ4v) is 1.50. The molecule has 1 aromatic carbocycles. The van der Waals surface area contributed by atoms with E-state index in [-0.39, 0.29) is 12.2 Å². The van der Waals surface area contributed by atoms with E-state index in [9.17, 15) is 14.0 Å². The molecule has 2 atom stereocenters. The first kappa shape index (κ1) is 15.1. The zero-order chi connectivity index (χ0) is 14.4. The van der Waals surface area contributed by atoms with Gasteiger partial charge in [0.1, 0.15) is 5.82 Å². The van der Waals surface area contributed by atoms with Crippen LogP contribution in [0.25, 0.3) is 0 Å². The van der Waals surface area contributed by atoms with Gasteiger partial charge in [-0.2, -0.15) is 0 Å². The van der Waals surface area contributed by atoms with Crippen LogP contribution >= 0.6 is 0 Å². The monoisotopic (exact) mass is 268 g/mol. The number of hydrogen-bond acceptors (Lipinski definition) is 4. The third kappa shape index (κ3) is 4.67. The molecule has 1 aromatic rings. The molecule has 5 nitrogen and oxygen atoms in total. The first-order valence-electron chi connectivity index (χ1n) is 5.82. The molecule has 1 amide bonds. The molecule has 0 aliphatic rings. The van der Waals surface area contributed by atoms with Gasteiger partial charge >= 0.3 is 5.97 Å². The van der Waals surface area contributed by atoms with Gasteiger partial charge in [0.05, 0.1) is 25.6 Å². The quantitative estimate of drug-likeness (QED) is 0.777. The largest absolute Gasteiger partial charge is 0.469 e. The molecule has 6 heteroatoms. The number of benzene rings is 1. The molecular formula is C13H17FN2O3. The van der Waals surface area contributed by atoms with Gasteiger partial charge in [-0.15, -0.1) is 0 Å². The molecule has 0 radical (unpaired) electrons. The van der Waals surface area contributed by atoms with Gasteiger partial charge in [0.15, 0.2) is 0 Å². The lowest BCUT2D eigenvalue weighted by molar-refractivity contribution is -0.141. The summed E-state index contributed by atoms with van der Waals surface area (Å²) in [5, 5.41) is 2.63. The van der Waals surface area contributed by atoms with Crippen molar-refractivity contribution in [3.8, 4) is 0 Å². The first-order chi connectivity index (χ1) is 8.93. The van der Waals surface area contributed by atoms with Crippen molar-refractivity contribution < 1.29 is 18.7 Å². The predicted molar refractivity (Wildman–Crippen MR) is 67.6 cm³/mol. The molecular weight excluding hydrogens is 251 g/mol. The Morgan fingerprint density at radius 3 is 2.42 bits per heavy atom. The van der Waals surface area contributed by atoms with Crippen LogP contribution in [0, 0.1) is 5.82 Å². The summed E-state index contributed by atoms with van der Waals surface area (Å²) in [5.41, 5.74) is 6.07. The number of halogens is 1. The van der Waals surface area contributed by atoms with Crippen LogP contribution in [0.2, 0.25) is 0 Å². The molecule has 0 saturated carbocycles. The Kier molecular flexibility index (Phi) is 5.44. The van der Waals surface area contributed by atoms with Crippen LogP contribution in [0.4, 0.5) is 4.39 Å². The molecule has 1 unspecified atom stereocenters. The highest BCUT2D eigenvalue weighted by Gasteiger charge is 2.20. The van der Waals surface area contributed by atoms with E-state index >= 15 is 0 Å². The Morgan fingerprint density at radius 1 is 1.37 bits per heavy atom. The van der Waals surface area contributed by atoms with E-state index in [0.717, 1.165) is 0 Å². The minimum atomic E-state index is -0.694. The van der Waals surface area contributed by atoms with E-state index in [2.05, 4.69) is 10.1 Å². The summed E-state index contributed by atoms with van der Waals surface area (Å²) in [5.74, 6) is -1.25. The summed E-state index contributed by atoms with van der Waals surface area (Å²) in [7, 11) is 1.26. The van der Waals surface area contributed by atoms with Crippen molar-refractivity contribution in [1.82, 2.24) is 5.32 Å². The van der Waals surface area contributed by atoms with Gasteiger partial charge in [-0.05, 0) is 24.6 Å². The highest BCUT2D eigenvalue weighted by molar-refractivity contribution is 5.82. The lowest BCUT2D eigenvalue weighted by Gasteiger charge is -2.19. The first-order valence-corrected chi connectivity index (χ1v) is 5.82. The zero-order valence-electron chi connectivity index (χ0n) is 10.9. The second-order valence-electron chi connectivity index (χ2n) is 4.18. The van der Waals surface area contributed by atoms with Gasteiger partial charge in [-0.1, -0.05) is 12.1 Å². The molecule has 19 heavy (non-hydrogen) atoms. The molecule has 0 aromatic heterocycles. The van der Waals surface area contributed by atoms with Crippen LogP contribution in [-0.2, 0) is 14.3 Å². The van der Waals surface area contributed by atoms with Crippen molar-refractivity contribution in [2.24, 2.45) is 5.73 Å². The summed E-state index contributed by atoms with van der Waals surface area (Å²) in [6.45, 7) is 1.54. The third-order valence-corrected chi connectivity index (χ3v) is 2.60. The standard InChI is InChI=1S/C13H17FN2O3/c1-8(15)13(18)16-11(7-12(17)19-2)9-3-5-10(14)6-4-9/h3-6,8,11H,7,15H2,1-2H3,(H,16,18)/t8-,11?/m1/s1. The maximum Gasteiger partial charge on any atom is 0.307 e. The zero-order valence-corrected chi connectivity index (χ0v) is 10.9. The lowest BCUT2D eigenvalue weighted by Crippen LogP contribution is -2.41. The molecule has 0 spiro atoms. The number of rotatable bonds is 5. The average molecular weight is 268 g/mol. The van der Waals surface area contributed by atoms with E-state index in [1.54, 1.807) is 0 Å². The summed E-state index contributed by atoms with van der Waals surface area (Å²) in [6.07, 6.45) is -0.0411. The summed E-state index contributed by atoms with van der Waals surface area (Å²) in [4.78, 5) is 22.9.